The largest absolute Gasteiger partial charge is 0.457 e. The quantitative estimate of drug-likeness (QED) is 0.728. The molecule has 1 saturated heterocycles. The average molecular weight is 424 g/mol. The molecule has 0 aromatic heterocycles. The summed E-state index contributed by atoms with van der Waals surface area (Å²) >= 11 is 0. The molecule has 0 bridgehead atoms. The molecule has 0 radical (unpaired) electrons. The Morgan fingerprint density at radius 3 is 2.48 bits per heavy atom. The predicted octanol–water partition coefficient (Wildman–Crippen LogP) is 4.45. The van der Waals surface area contributed by atoms with Gasteiger partial charge in [-0.3, -0.25) is 9.69 Å². The third-order valence-electron chi connectivity index (χ3n) is 5.38. The van der Waals surface area contributed by atoms with Crippen LogP contribution in [0.1, 0.15) is 31.9 Å². The van der Waals surface area contributed by atoms with E-state index in [0.29, 0.717) is 25.4 Å². The third kappa shape index (κ3) is 4.51. The summed E-state index contributed by atoms with van der Waals surface area (Å²) in [6.07, 6.45) is 0.433. The van der Waals surface area contributed by atoms with E-state index in [4.69, 9.17) is 14.2 Å². The summed E-state index contributed by atoms with van der Waals surface area (Å²) in [5.74, 6) is 1.40. The number of carbonyl (C=O) groups excluding carboxylic acids is 2. The Bertz CT molecular complexity index is 994. The van der Waals surface area contributed by atoms with E-state index in [-0.39, 0.29) is 18.6 Å². The fourth-order valence-electron chi connectivity index (χ4n) is 3.86. The molecular weight excluding hydrogens is 396 g/mol. The minimum Gasteiger partial charge on any atom is -0.457 e. The van der Waals surface area contributed by atoms with Crippen molar-refractivity contribution in [3.05, 3.63) is 47.5 Å². The molecule has 0 atom stereocenters. The Morgan fingerprint density at radius 1 is 1.06 bits per heavy atom. The van der Waals surface area contributed by atoms with Gasteiger partial charge in [0.2, 0.25) is 0 Å². The molecule has 0 spiro atoms. The molecule has 0 N–H and O–H groups in total. The lowest BCUT2D eigenvalue weighted by Gasteiger charge is -2.27. The first kappa shape index (κ1) is 21.2. The Labute approximate surface area is 182 Å². The molecule has 1 fully saturated rings. The molecule has 0 saturated carbocycles. The number of benzene rings is 2. The van der Waals surface area contributed by atoms with E-state index in [1.165, 1.54) is 0 Å². The predicted molar refractivity (Wildman–Crippen MR) is 118 cm³/mol. The number of fused-ring (bicyclic) bond motifs is 1. The topological polar surface area (TPSA) is 68.3 Å². The van der Waals surface area contributed by atoms with E-state index >= 15 is 0 Å². The van der Waals surface area contributed by atoms with Crippen LogP contribution in [0.4, 0.5) is 16.2 Å². The maximum absolute atomic E-state index is 12.5. The van der Waals surface area contributed by atoms with Gasteiger partial charge in [0, 0.05) is 18.8 Å². The zero-order valence-electron chi connectivity index (χ0n) is 18.4. The van der Waals surface area contributed by atoms with Gasteiger partial charge >= 0.3 is 6.09 Å². The van der Waals surface area contributed by atoms with Gasteiger partial charge in [0.1, 0.15) is 23.7 Å². The second-order valence-corrected chi connectivity index (χ2v) is 8.76. The van der Waals surface area contributed by atoms with E-state index in [9.17, 15) is 9.59 Å². The summed E-state index contributed by atoms with van der Waals surface area (Å²) in [5.41, 5.74) is 3.28. The van der Waals surface area contributed by atoms with Gasteiger partial charge in [0.15, 0.2) is 0 Å². The second kappa shape index (κ2) is 8.23. The van der Waals surface area contributed by atoms with Gasteiger partial charge < -0.3 is 19.1 Å². The molecule has 4 rings (SSSR count). The van der Waals surface area contributed by atoms with Gasteiger partial charge in [-0.2, -0.15) is 0 Å². The van der Waals surface area contributed by atoms with Gasteiger partial charge in [0.05, 0.1) is 12.3 Å². The van der Waals surface area contributed by atoms with Crippen molar-refractivity contribution >= 4 is 23.4 Å². The van der Waals surface area contributed by atoms with Crippen molar-refractivity contribution in [2.24, 2.45) is 0 Å². The zero-order valence-corrected chi connectivity index (χ0v) is 18.4. The number of carbonyl (C=O) groups is 2. The van der Waals surface area contributed by atoms with E-state index < -0.39 is 5.60 Å². The normalized spacial score (nSPS) is 16.3. The van der Waals surface area contributed by atoms with Crippen molar-refractivity contribution in [1.29, 1.82) is 0 Å². The van der Waals surface area contributed by atoms with Crippen LogP contribution >= 0.6 is 0 Å². The van der Waals surface area contributed by atoms with Crippen LogP contribution in [0.2, 0.25) is 0 Å². The Balaban J connectivity index is 1.49. The number of morpholine rings is 1. The van der Waals surface area contributed by atoms with Crippen molar-refractivity contribution in [2.45, 2.75) is 39.7 Å². The fourth-order valence-corrected chi connectivity index (χ4v) is 3.86. The van der Waals surface area contributed by atoms with Crippen LogP contribution in [0.5, 0.6) is 11.5 Å². The summed E-state index contributed by atoms with van der Waals surface area (Å²) in [7, 11) is 0. The zero-order chi connectivity index (χ0) is 22.2. The smallest absolute Gasteiger partial charge is 0.414 e. The van der Waals surface area contributed by atoms with E-state index in [1.54, 1.807) is 9.80 Å². The van der Waals surface area contributed by atoms with Crippen LogP contribution in [-0.4, -0.2) is 43.9 Å². The highest BCUT2D eigenvalue weighted by Crippen LogP contribution is 2.38. The first-order valence-corrected chi connectivity index (χ1v) is 10.5. The number of nitrogens with zero attached hydrogens (tertiary/aromatic N) is 2. The Morgan fingerprint density at radius 2 is 1.81 bits per heavy atom. The number of rotatable bonds is 3. The molecule has 164 valence electrons. The lowest BCUT2D eigenvalue weighted by atomic mass is 10.1. The van der Waals surface area contributed by atoms with Gasteiger partial charge in [-0.05, 0) is 81.6 Å². The minimum atomic E-state index is -0.532. The van der Waals surface area contributed by atoms with Crippen molar-refractivity contribution < 1.29 is 23.8 Å². The summed E-state index contributed by atoms with van der Waals surface area (Å²) in [5, 5.41) is 0. The van der Waals surface area contributed by atoms with Gasteiger partial charge in [-0.15, -0.1) is 0 Å². The SMILES string of the molecule is Cc1c(Oc2ccc(N3CCOCC3=O)cc2)ccc2c1CCN2C(=O)OC(C)(C)C. The molecule has 2 amide bonds. The maximum Gasteiger partial charge on any atom is 0.414 e. The van der Waals surface area contributed by atoms with Crippen LogP contribution < -0.4 is 14.5 Å². The van der Waals surface area contributed by atoms with Crippen LogP contribution in [0, 0.1) is 6.92 Å². The monoisotopic (exact) mass is 424 g/mol. The molecule has 7 heteroatoms. The van der Waals surface area contributed by atoms with Gasteiger partial charge in [-0.1, -0.05) is 0 Å². The van der Waals surface area contributed by atoms with E-state index in [0.717, 1.165) is 34.7 Å². The highest BCUT2D eigenvalue weighted by molar-refractivity contribution is 5.95. The van der Waals surface area contributed by atoms with Crippen molar-refractivity contribution in [3.63, 3.8) is 0 Å². The number of hydrogen-bond acceptors (Lipinski definition) is 5. The standard InChI is InChI=1S/C24H28N2O5/c1-16-19-11-12-26(23(28)31-24(2,3)4)20(19)9-10-21(16)30-18-7-5-17(6-8-18)25-13-14-29-15-22(25)27/h5-10H,11-15H2,1-4H3. The van der Waals surface area contributed by atoms with E-state index in [2.05, 4.69) is 0 Å². The first-order chi connectivity index (χ1) is 14.7. The van der Waals surface area contributed by atoms with Crippen molar-refractivity contribution in [1.82, 2.24) is 0 Å². The van der Waals surface area contributed by atoms with Gasteiger partial charge in [0.25, 0.3) is 5.91 Å². The molecule has 2 aromatic rings. The second-order valence-electron chi connectivity index (χ2n) is 8.76. The molecule has 2 aromatic carbocycles. The molecule has 7 nitrogen and oxygen atoms in total. The van der Waals surface area contributed by atoms with Crippen LogP contribution in [0.25, 0.3) is 0 Å². The number of hydrogen-bond donors (Lipinski definition) is 0. The number of anilines is 2. The third-order valence-corrected chi connectivity index (χ3v) is 5.38. The molecule has 31 heavy (non-hydrogen) atoms. The molecule has 2 aliphatic rings. The molecular formula is C24H28N2O5. The summed E-state index contributed by atoms with van der Waals surface area (Å²) in [6, 6.07) is 11.3. The van der Waals surface area contributed by atoms with Crippen LogP contribution in [-0.2, 0) is 20.7 Å². The number of amides is 2. The fraction of sp³-hybridized carbons (Fsp3) is 0.417. The lowest BCUT2D eigenvalue weighted by molar-refractivity contribution is -0.125. The highest BCUT2D eigenvalue weighted by Gasteiger charge is 2.30. The lowest BCUT2D eigenvalue weighted by Crippen LogP contribution is -2.41. The molecule has 0 unspecified atom stereocenters. The summed E-state index contributed by atoms with van der Waals surface area (Å²) in [6.45, 7) is 9.41. The maximum atomic E-state index is 12.5. The van der Waals surface area contributed by atoms with Crippen molar-refractivity contribution in [3.8, 4) is 11.5 Å². The number of ether oxygens (including phenoxy) is 3. The molecule has 2 heterocycles. The Hall–Kier alpha value is -3.06. The van der Waals surface area contributed by atoms with Crippen LogP contribution in [0.15, 0.2) is 36.4 Å². The Kier molecular flexibility index (Phi) is 5.62. The molecule has 2 aliphatic heterocycles. The molecule has 0 aliphatic carbocycles. The minimum absolute atomic E-state index is 0.0380. The van der Waals surface area contributed by atoms with E-state index in [1.807, 2.05) is 64.1 Å². The van der Waals surface area contributed by atoms with Crippen molar-refractivity contribution in [2.75, 3.05) is 36.1 Å². The van der Waals surface area contributed by atoms with Crippen LogP contribution in [0.3, 0.4) is 0 Å². The highest BCUT2D eigenvalue weighted by atomic mass is 16.6. The van der Waals surface area contributed by atoms with Gasteiger partial charge in [-0.25, -0.2) is 4.79 Å². The average Bonchev–Trinajstić information content (AvgIpc) is 3.15. The summed E-state index contributed by atoms with van der Waals surface area (Å²) < 4.78 is 16.8. The summed E-state index contributed by atoms with van der Waals surface area (Å²) in [4.78, 5) is 27.9. The first-order valence-electron chi connectivity index (χ1n) is 10.5.